The van der Waals surface area contributed by atoms with Crippen LogP contribution in [0.4, 0.5) is 0 Å². The molecule has 6 heteroatoms. The SMILES string of the molecule is CC(C)(C)OC(=O)C(C#N)c1nccnc1Cl. The average molecular weight is 254 g/mol. The number of ether oxygens (including phenoxy) is 1. The van der Waals surface area contributed by atoms with Crippen LogP contribution < -0.4 is 0 Å². The number of esters is 1. The predicted molar refractivity (Wildman–Crippen MR) is 61.2 cm³/mol. The van der Waals surface area contributed by atoms with E-state index < -0.39 is 17.5 Å². The van der Waals surface area contributed by atoms with Crippen molar-refractivity contribution in [2.75, 3.05) is 0 Å². The Labute approximate surface area is 104 Å². The molecule has 0 N–H and O–H groups in total. The summed E-state index contributed by atoms with van der Waals surface area (Å²) in [5.41, 5.74) is -0.549. The van der Waals surface area contributed by atoms with Crippen molar-refractivity contribution in [3.63, 3.8) is 0 Å². The van der Waals surface area contributed by atoms with E-state index in [9.17, 15) is 4.79 Å². The largest absolute Gasteiger partial charge is 0.459 e. The quantitative estimate of drug-likeness (QED) is 0.754. The van der Waals surface area contributed by atoms with Gasteiger partial charge in [-0.1, -0.05) is 11.6 Å². The van der Waals surface area contributed by atoms with Gasteiger partial charge in [0, 0.05) is 12.4 Å². The van der Waals surface area contributed by atoms with Crippen molar-refractivity contribution >= 4 is 17.6 Å². The summed E-state index contributed by atoms with van der Waals surface area (Å²) in [7, 11) is 0. The Morgan fingerprint density at radius 3 is 2.53 bits per heavy atom. The summed E-state index contributed by atoms with van der Waals surface area (Å²) in [5.74, 6) is -1.84. The second-order valence-electron chi connectivity index (χ2n) is 4.33. The summed E-state index contributed by atoms with van der Waals surface area (Å²) < 4.78 is 5.11. The van der Waals surface area contributed by atoms with Gasteiger partial charge in [-0.3, -0.25) is 9.78 Å². The van der Waals surface area contributed by atoms with Gasteiger partial charge >= 0.3 is 5.97 Å². The molecule has 17 heavy (non-hydrogen) atoms. The third kappa shape index (κ3) is 3.68. The van der Waals surface area contributed by atoms with Crippen molar-refractivity contribution < 1.29 is 9.53 Å². The fraction of sp³-hybridized carbons (Fsp3) is 0.455. The Balaban J connectivity index is 2.98. The van der Waals surface area contributed by atoms with E-state index in [0.717, 1.165) is 0 Å². The van der Waals surface area contributed by atoms with Crippen LogP contribution in [0.25, 0.3) is 0 Å². The maximum atomic E-state index is 11.8. The number of nitrogens with zero attached hydrogens (tertiary/aromatic N) is 3. The number of nitriles is 1. The first-order valence-electron chi connectivity index (χ1n) is 4.94. The number of hydrogen-bond donors (Lipinski definition) is 0. The van der Waals surface area contributed by atoms with Gasteiger partial charge < -0.3 is 4.74 Å². The Morgan fingerprint density at radius 1 is 1.47 bits per heavy atom. The second kappa shape index (κ2) is 5.11. The van der Waals surface area contributed by atoms with E-state index >= 15 is 0 Å². The molecule has 0 aliphatic carbocycles. The number of carbonyl (C=O) groups excluding carboxylic acids is 1. The van der Waals surface area contributed by atoms with Crippen LogP contribution in [0, 0.1) is 11.3 Å². The minimum atomic E-state index is -1.16. The van der Waals surface area contributed by atoms with Crippen LogP contribution in [-0.2, 0) is 9.53 Å². The number of aromatic nitrogens is 2. The molecule has 0 fully saturated rings. The molecule has 0 amide bonds. The Hall–Kier alpha value is -1.67. The number of rotatable bonds is 2. The van der Waals surface area contributed by atoms with E-state index in [1.165, 1.54) is 12.4 Å². The van der Waals surface area contributed by atoms with E-state index in [4.69, 9.17) is 21.6 Å². The van der Waals surface area contributed by atoms with Gasteiger partial charge in [0.05, 0.1) is 6.07 Å². The molecule has 90 valence electrons. The van der Waals surface area contributed by atoms with Crippen LogP contribution >= 0.6 is 11.6 Å². The van der Waals surface area contributed by atoms with Gasteiger partial charge in [-0.05, 0) is 20.8 Å². The minimum Gasteiger partial charge on any atom is -0.459 e. The van der Waals surface area contributed by atoms with Gasteiger partial charge in [-0.25, -0.2) is 4.98 Å². The van der Waals surface area contributed by atoms with Crippen molar-refractivity contribution in [1.29, 1.82) is 5.26 Å². The average Bonchev–Trinajstić information content (AvgIpc) is 2.19. The number of carbonyl (C=O) groups is 1. The molecule has 0 saturated heterocycles. The summed E-state index contributed by atoms with van der Waals surface area (Å²) in [5, 5.41) is 9.03. The van der Waals surface area contributed by atoms with Gasteiger partial charge in [0.25, 0.3) is 0 Å². The summed E-state index contributed by atoms with van der Waals surface area (Å²) in [6, 6.07) is 1.82. The Bertz CT molecular complexity index is 463. The fourth-order valence-corrected chi connectivity index (χ4v) is 1.33. The summed E-state index contributed by atoms with van der Waals surface area (Å²) in [6.45, 7) is 5.16. The lowest BCUT2D eigenvalue weighted by atomic mass is 10.1. The van der Waals surface area contributed by atoms with Gasteiger partial charge in [0.15, 0.2) is 11.1 Å². The standard InChI is InChI=1S/C11H12ClN3O2/c1-11(2,3)17-10(16)7(6-13)8-9(12)15-5-4-14-8/h4-5,7H,1-3H3. The third-order valence-electron chi connectivity index (χ3n) is 1.72. The van der Waals surface area contributed by atoms with Crippen molar-refractivity contribution in [3.8, 4) is 6.07 Å². The summed E-state index contributed by atoms with van der Waals surface area (Å²) in [4.78, 5) is 19.4. The van der Waals surface area contributed by atoms with E-state index in [1.54, 1.807) is 20.8 Å². The highest BCUT2D eigenvalue weighted by atomic mass is 35.5. The molecule has 1 rings (SSSR count). The number of halogens is 1. The topological polar surface area (TPSA) is 75.9 Å². The lowest BCUT2D eigenvalue weighted by Gasteiger charge is -2.21. The van der Waals surface area contributed by atoms with Crippen LogP contribution in [0.2, 0.25) is 5.15 Å². The zero-order valence-corrected chi connectivity index (χ0v) is 10.5. The maximum absolute atomic E-state index is 11.8. The minimum absolute atomic E-state index is 0.0323. The van der Waals surface area contributed by atoms with Gasteiger partial charge in [-0.2, -0.15) is 5.26 Å². The Kier molecular flexibility index (Phi) is 4.02. The normalized spacial score (nSPS) is 12.6. The van der Waals surface area contributed by atoms with Crippen molar-refractivity contribution in [3.05, 3.63) is 23.2 Å². The van der Waals surface area contributed by atoms with E-state index in [1.807, 2.05) is 6.07 Å². The van der Waals surface area contributed by atoms with Crippen LogP contribution in [-0.4, -0.2) is 21.5 Å². The first-order valence-corrected chi connectivity index (χ1v) is 5.32. The molecular weight excluding hydrogens is 242 g/mol. The van der Waals surface area contributed by atoms with Crippen LogP contribution in [0.15, 0.2) is 12.4 Å². The molecule has 0 spiro atoms. The summed E-state index contributed by atoms with van der Waals surface area (Å²) in [6.07, 6.45) is 2.76. The molecule has 1 aromatic heterocycles. The molecule has 0 radical (unpaired) electrons. The fourth-order valence-electron chi connectivity index (χ4n) is 1.11. The first kappa shape index (κ1) is 13.4. The molecular formula is C11H12ClN3O2. The molecule has 0 aliphatic rings. The van der Waals surface area contributed by atoms with Gasteiger partial charge in [-0.15, -0.1) is 0 Å². The van der Waals surface area contributed by atoms with Crippen molar-refractivity contribution in [2.24, 2.45) is 0 Å². The van der Waals surface area contributed by atoms with E-state index in [0.29, 0.717) is 0 Å². The lowest BCUT2D eigenvalue weighted by Crippen LogP contribution is -2.27. The predicted octanol–water partition coefficient (Wildman–Crippen LogP) is 2.08. The molecule has 0 aliphatic heterocycles. The van der Waals surface area contributed by atoms with Crippen LogP contribution in [0.5, 0.6) is 0 Å². The van der Waals surface area contributed by atoms with Crippen LogP contribution in [0.3, 0.4) is 0 Å². The number of hydrogen-bond acceptors (Lipinski definition) is 5. The lowest BCUT2D eigenvalue weighted by molar-refractivity contribution is -0.155. The van der Waals surface area contributed by atoms with E-state index in [-0.39, 0.29) is 10.8 Å². The molecule has 0 bridgehead atoms. The zero-order valence-electron chi connectivity index (χ0n) is 9.77. The van der Waals surface area contributed by atoms with Crippen molar-refractivity contribution in [2.45, 2.75) is 32.3 Å². The summed E-state index contributed by atoms with van der Waals surface area (Å²) >= 11 is 5.78. The van der Waals surface area contributed by atoms with Gasteiger partial charge in [0.1, 0.15) is 11.3 Å². The highest BCUT2D eigenvalue weighted by Crippen LogP contribution is 2.22. The Morgan fingerprint density at radius 2 is 2.06 bits per heavy atom. The molecule has 1 heterocycles. The van der Waals surface area contributed by atoms with Crippen molar-refractivity contribution in [1.82, 2.24) is 9.97 Å². The molecule has 1 unspecified atom stereocenters. The smallest absolute Gasteiger partial charge is 0.330 e. The molecule has 5 nitrogen and oxygen atoms in total. The molecule has 0 saturated carbocycles. The second-order valence-corrected chi connectivity index (χ2v) is 4.69. The van der Waals surface area contributed by atoms with E-state index in [2.05, 4.69) is 9.97 Å². The van der Waals surface area contributed by atoms with Crippen LogP contribution in [0.1, 0.15) is 32.4 Å². The zero-order chi connectivity index (χ0) is 13.1. The molecule has 1 aromatic rings. The molecule has 1 atom stereocenters. The third-order valence-corrected chi connectivity index (χ3v) is 2.02. The molecule has 0 aromatic carbocycles. The highest BCUT2D eigenvalue weighted by molar-refractivity contribution is 6.30. The first-order chi connectivity index (χ1) is 7.85. The highest BCUT2D eigenvalue weighted by Gasteiger charge is 2.29. The monoisotopic (exact) mass is 253 g/mol. The maximum Gasteiger partial charge on any atom is 0.330 e. The van der Waals surface area contributed by atoms with Gasteiger partial charge in [0.2, 0.25) is 0 Å².